The topological polar surface area (TPSA) is 58.6 Å². The van der Waals surface area contributed by atoms with Crippen LogP contribution in [0.1, 0.15) is 53.9 Å². The highest BCUT2D eigenvalue weighted by Crippen LogP contribution is 2.14. The van der Waals surface area contributed by atoms with Crippen LogP contribution in [0, 0.1) is 5.92 Å². The maximum Gasteiger partial charge on any atom is 0.407 e. The molecule has 0 saturated carbocycles. The van der Waals surface area contributed by atoms with E-state index in [1.54, 1.807) is 0 Å². The van der Waals surface area contributed by atoms with Crippen LogP contribution in [0.4, 0.5) is 4.79 Å². The number of carbonyl (C=O) groups excluding carboxylic acids is 2. The molecule has 0 aromatic rings. The molecule has 0 aliphatic carbocycles. The third kappa shape index (κ3) is 6.26. The van der Waals surface area contributed by atoms with Crippen LogP contribution in [0.25, 0.3) is 0 Å². The van der Waals surface area contributed by atoms with Crippen molar-refractivity contribution < 1.29 is 14.3 Å². The fourth-order valence-corrected chi connectivity index (χ4v) is 2.27. The van der Waals surface area contributed by atoms with E-state index < -0.39 is 11.7 Å². The molecule has 1 aliphatic heterocycles. The number of rotatable bonds is 3. The zero-order valence-corrected chi connectivity index (χ0v) is 13.4. The molecule has 0 bridgehead atoms. The minimum Gasteiger partial charge on any atom is -0.444 e. The van der Waals surface area contributed by atoms with Crippen LogP contribution in [0.3, 0.4) is 0 Å². The third-order valence-corrected chi connectivity index (χ3v) is 3.08. The first-order valence-corrected chi connectivity index (χ1v) is 7.44. The zero-order chi connectivity index (χ0) is 15.3. The number of hydrogen-bond acceptors (Lipinski definition) is 3. The molecule has 1 atom stereocenters. The molecule has 1 aliphatic rings. The van der Waals surface area contributed by atoms with Crippen molar-refractivity contribution in [2.45, 2.75) is 65.5 Å². The van der Waals surface area contributed by atoms with E-state index in [1.165, 1.54) is 0 Å². The number of carbonyl (C=O) groups is 2. The van der Waals surface area contributed by atoms with Crippen LogP contribution in [0.2, 0.25) is 0 Å². The Morgan fingerprint density at radius 3 is 2.55 bits per heavy atom. The minimum atomic E-state index is -0.494. The summed E-state index contributed by atoms with van der Waals surface area (Å²) in [6.45, 7) is 11.0. The molecule has 0 radical (unpaired) electrons. The van der Waals surface area contributed by atoms with Gasteiger partial charge >= 0.3 is 6.09 Å². The van der Waals surface area contributed by atoms with Crippen molar-refractivity contribution in [3.8, 4) is 0 Å². The molecule has 1 rings (SSSR count). The van der Waals surface area contributed by atoms with Gasteiger partial charge in [-0.05, 0) is 39.5 Å². The lowest BCUT2D eigenvalue weighted by molar-refractivity contribution is -0.133. The second-order valence-electron chi connectivity index (χ2n) is 6.92. The van der Waals surface area contributed by atoms with E-state index in [4.69, 9.17) is 4.74 Å². The Morgan fingerprint density at radius 2 is 2.00 bits per heavy atom. The Morgan fingerprint density at radius 1 is 1.35 bits per heavy atom. The highest BCUT2D eigenvalue weighted by molar-refractivity contribution is 5.76. The molecule has 116 valence electrons. The van der Waals surface area contributed by atoms with E-state index in [1.807, 2.05) is 39.5 Å². The van der Waals surface area contributed by atoms with Crippen LogP contribution >= 0.6 is 0 Å². The van der Waals surface area contributed by atoms with Gasteiger partial charge in [-0.15, -0.1) is 0 Å². The Kier molecular flexibility index (Phi) is 5.84. The Hall–Kier alpha value is -1.26. The number of nitrogens with one attached hydrogen (secondary N) is 1. The first kappa shape index (κ1) is 16.8. The van der Waals surface area contributed by atoms with E-state index in [0.29, 0.717) is 18.9 Å². The second-order valence-corrected chi connectivity index (χ2v) is 6.92. The van der Waals surface area contributed by atoms with Gasteiger partial charge in [0.2, 0.25) is 5.91 Å². The van der Waals surface area contributed by atoms with Gasteiger partial charge in [-0.25, -0.2) is 4.79 Å². The summed E-state index contributed by atoms with van der Waals surface area (Å²) in [6, 6.07) is -0.00490. The number of nitrogens with zero attached hydrogens (tertiary/aromatic N) is 1. The van der Waals surface area contributed by atoms with Crippen molar-refractivity contribution in [2.24, 2.45) is 5.92 Å². The summed E-state index contributed by atoms with van der Waals surface area (Å²) in [5.74, 6) is 0.539. The second kappa shape index (κ2) is 6.95. The molecule has 1 fully saturated rings. The smallest absolute Gasteiger partial charge is 0.407 e. The Labute approximate surface area is 122 Å². The highest BCUT2D eigenvalue weighted by Gasteiger charge is 2.26. The number of hydrogen-bond donors (Lipinski definition) is 1. The van der Waals surface area contributed by atoms with E-state index in [9.17, 15) is 9.59 Å². The molecule has 0 spiro atoms. The van der Waals surface area contributed by atoms with Crippen LogP contribution in [0.15, 0.2) is 0 Å². The van der Waals surface area contributed by atoms with Crippen molar-refractivity contribution in [3.05, 3.63) is 0 Å². The summed E-state index contributed by atoms with van der Waals surface area (Å²) in [5, 5.41) is 2.86. The van der Waals surface area contributed by atoms with Gasteiger partial charge in [0.15, 0.2) is 0 Å². The van der Waals surface area contributed by atoms with Gasteiger partial charge in [-0.1, -0.05) is 13.8 Å². The number of amides is 2. The maximum atomic E-state index is 12.1. The molecule has 5 nitrogen and oxygen atoms in total. The Balaban J connectivity index is 2.45. The number of alkyl carbamates (subject to hydrolysis) is 1. The quantitative estimate of drug-likeness (QED) is 0.866. The fourth-order valence-electron chi connectivity index (χ4n) is 2.27. The summed E-state index contributed by atoms with van der Waals surface area (Å²) in [7, 11) is 0. The summed E-state index contributed by atoms with van der Waals surface area (Å²) < 4.78 is 5.25. The standard InChI is InChI=1S/C15H28N2O3/c1-11(2)9-13(18)17-8-6-7-12(10-17)16-14(19)20-15(3,4)5/h11-12H,6-10H2,1-5H3,(H,16,19)/t12-/m1/s1. The van der Waals surface area contributed by atoms with Gasteiger partial charge in [0.1, 0.15) is 5.60 Å². The van der Waals surface area contributed by atoms with Crippen molar-refractivity contribution >= 4 is 12.0 Å². The average Bonchev–Trinajstić information content (AvgIpc) is 2.25. The van der Waals surface area contributed by atoms with Crippen molar-refractivity contribution in [2.75, 3.05) is 13.1 Å². The number of likely N-dealkylation sites (tertiary alicyclic amines) is 1. The molecule has 0 aromatic heterocycles. The lowest BCUT2D eigenvalue weighted by Crippen LogP contribution is -2.50. The summed E-state index contributed by atoms with van der Waals surface area (Å²) in [5.41, 5.74) is -0.494. The average molecular weight is 284 g/mol. The summed E-state index contributed by atoms with van der Waals surface area (Å²) in [4.78, 5) is 25.6. The monoisotopic (exact) mass is 284 g/mol. The lowest BCUT2D eigenvalue weighted by Gasteiger charge is -2.34. The van der Waals surface area contributed by atoms with E-state index in [2.05, 4.69) is 5.32 Å². The first-order valence-electron chi connectivity index (χ1n) is 7.44. The lowest BCUT2D eigenvalue weighted by atomic mass is 10.0. The molecule has 1 N–H and O–H groups in total. The van der Waals surface area contributed by atoms with Gasteiger partial charge in [0.05, 0.1) is 0 Å². The molecule has 20 heavy (non-hydrogen) atoms. The summed E-state index contributed by atoms with van der Waals surface area (Å²) >= 11 is 0. The molecule has 5 heteroatoms. The van der Waals surface area contributed by atoms with E-state index in [0.717, 1.165) is 19.4 Å². The highest BCUT2D eigenvalue weighted by atomic mass is 16.6. The van der Waals surface area contributed by atoms with Gasteiger partial charge in [0.25, 0.3) is 0 Å². The van der Waals surface area contributed by atoms with Gasteiger partial charge < -0.3 is 15.0 Å². The van der Waals surface area contributed by atoms with Gasteiger partial charge in [0, 0.05) is 25.6 Å². The van der Waals surface area contributed by atoms with Crippen LogP contribution in [-0.2, 0) is 9.53 Å². The zero-order valence-electron chi connectivity index (χ0n) is 13.4. The Bertz CT molecular complexity index is 348. The van der Waals surface area contributed by atoms with Crippen molar-refractivity contribution in [1.82, 2.24) is 10.2 Å². The van der Waals surface area contributed by atoms with Crippen molar-refractivity contribution in [1.29, 1.82) is 0 Å². The molecular weight excluding hydrogens is 256 g/mol. The minimum absolute atomic E-state index is 0.00490. The fraction of sp³-hybridized carbons (Fsp3) is 0.867. The number of ether oxygens (including phenoxy) is 1. The largest absolute Gasteiger partial charge is 0.444 e. The summed E-state index contributed by atoms with van der Waals surface area (Å²) in [6.07, 6.45) is 1.98. The molecule has 1 saturated heterocycles. The molecular formula is C15H28N2O3. The third-order valence-electron chi connectivity index (χ3n) is 3.08. The van der Waals surface area contributed by atoms with Crippen molar-refractivity contribution in [3.63, 3.8) is 0 Å². The van der Waals surface area contributed by atoms with Crippen LogP contribution < -0.4 is 5.32 Å². The first-order chi connectivity index (χ1) is 9.17. The predicted octanol–water partition coefficient (Wildman–Crippen LogP) is 2.55. The molecule has 0 unspecified atom stereocenters. The van der Waals surface area contributed by atoms with Gasteiger partial charge in [-0.2, -0.15) is 0 Å². The van der Waals surface area contributed by atoms with Crippen LogP contribution in [0.5, 0.6) is 0 Å². The van der Waals surface area contributed by atoms with Gasteiger partial charge in [-0.3, -0.25) is 4.79 Å². The van der Waals surface area contributed by atoms with E-state index >= 15 is 0 Å². The molecule has 1 heterocycles. The predicted molar refractivity (Wildman–Crippen MR) is 78.4 cm³/mol. The van der Waals surface area contributed by atoms with Crippen LogP contribution in [-0.4, -0.2) is 41.6 Å². The maximum absolute atomic E-state index is 12.1. The van der Waals surface area contributed by atoms with E-state index in [-0.39, 0.29) is 11.9 Å². The SMILES string of the molecule is CC(C)CC(=O)N1CCC[C@@H](NC(=O)OC(C)(C)C)C1. The molecule has 0 aromatic carbocycles. The molecule has 2 amide bonds. The normalized spacial score (nSPS) is 19.9. The number of piperidine rings is 1.